The van der Waals surface area contributed by atoms with E-state index < -0.39 is 29.9 Å². The van der Waals surface area contributed by atoms with Gasteiger partial charge in [-0.3, -0.25) is 14.4 Å². The van der Waals surface area contributed by atoms with E-state index in [1.165, 1.54) is 22.9 Å². The summed E-state index contributed by atoms with van der Waals surface area (Å²) in [4.78, 5) is 58.4. The highest BCUT2D eigenvalue weighted by Gasteiger charge is 2.29. The minimum atomic E-state index is -1.18. The van der Waals surface area contributed by atoms with Crippen molar-refractivity contribution in [3.63, 3.8) is 0 Å². The van der Waals surface area contributed by atoms with Gasteiger partial charge < -0.3 is 39.0 Å². The van der Waals surface area contributed by atoms with Gasteiger partial charge in [-0.2, -0.15) is 0 Å². The normalized spacial score (nSPS) is 11.2. The molecule has 3 amide bonds. The lowest BCUT2D eigenvalue weighted by atomic mass is 10.1. The van der Waals surface area contributed by atoms with Crippen LogP contribution in [0, 0.1) is 0 Å². The first kappa shape index (κ1) is 39.7. The molecule has 0 fully saturated rings. The van der Waals surface area contributed by atoms with E-state index in [1.54, 1.807) is 18.3 Å². The van der Waals surface area contributed by atoms with Gasteiger partial charge in [0, 0.05) is 25.7 Å². The number of rotatable bonds is 20. The summed E-state index contributed by atoms with van der Waals surface area (Å²) in [6, 6.07) is 34.7. The van der Waals surface area contributed by atoms with Crippen LogP contribution in [-0.4, -0.2) is 71.2 Å². The fraction of sp³-hybridized carbons (Fsp3) is 0.262. The monoisotopic (exact) mass is 747 g/mol. The largest absolute Gasteiger partial charge is 0.489 e. The van der Waals surface area contributed by atoms with Crippen LogP contribution in [0.2, 0.25) is 0 Å². The second-order valence-electron chi connectivity index (χ2n) is 12.6. The Morgan fingerprint density at radius 1 is 0.764 bits per heavy atom. The maximum absolute atomic E-state index is 14.4. The zero-order valence-corrected chi connectivity index (χ0v) is 30.7. The summed E-state index contributed by atoms with van der Waals surface area (Å²) in [6.45, 7) is 0.927. The molecule has 286 valence electrons. The molecule has 13 nitrogen and oxygen atoms in total. The molecule has 0 radical (unpaired) electrons. The predicted molar refractivity (Wildman–Crippen MR) is 203 cm³/mol. The molecule has 4 aromatic carbocycles. The van der Waals surface area contributed by atoms with Crippen LogP contribution in [0.4, 0.5) is 4.79 Å². The number of nitrogens with one attached hydrogen (secondary N) is 2. The van der Waals surface area contributed by atoms with Crippen molar-refractivity contribution in [1.82, 2.24) is 25.1 Å². The third kappa shape index (κ3) is 13.8. The first-order valence-corrected chi connectivity index (χ1v) is 17.8. The van der Waals surface area contributed by atoms with Crippen molar-refractivity contribution in [3.8, 4) is 5.75 Å². The number of nitrogens with zero attached hydrogens (tertiary/aromatic N) is 3. The maximum Gasteiger partial charge on any atom is 0.408 e. The molecule has 13 heteroatoms. The SMILES string of the molecule is COC(=O)Cn1cnc(C[C@H](NC(=O)OCc2ccccc2)C(=O)N(CC(=O)NCCOCc2ccccc2)Cc2ccc(OCc3ccccc3)cc2)c1. The third-order valence-electron chi connectivity index (χ3n) is 8.31. The minimum Gasteiger partial charge on any atom is -0.489 e. The van der Waals surface area contributed by atoms with Crippen LogP contribution in [0.1, 0.15) is 27.9 Å². The smallest absolute Gasteiger partial charge is 0.408 e. The molecular formula is C42H45N5O8. The van der Waals surface area contributed by atoms with Gasteiger partial charge in [-0.15, -0.1) is 0 Å². The summed E-state index contributed by atoms with van der Waals surface area (Å²) >= 11 is 0. The van der Waals surface area contributed by atoms with Crippen LogP contribution in [0.25, 0.3) is 0 Å². The van der Waals surface area contributed by atoms with Crippen LogP contribution >= 0.6 is 0 Å². The number of alkyl carbamates (subject to hydrolysis) is 1. The number of aromatic nitrogens is 2. The molecule has 0 unspecified atom stereocenters. The molecule has 0 saturated heterocycles. The van der Waals surface area contributed by atoms with E-state index in [0.717, 1.165) is 22.3 Å². The molecule has 5 aromatic rings. The van der Waals surface area contributed by atoms with Gasteiger partial charge >= 0.3 is 12.1 Å². The van der Waals surface area contributed by atoms with E-state index >= 15 is 0 Å². The topological polar surface area (TPSA) is 150 Å². The van der Waals surface area contributed by atoms with Gasteiger partial charge in [-0.05, 0) is 34.4 Å². The van der Waals surface area contributed by atoms with E-state index in [4.69, 9.17) is 18.9 Å². The first-order chi connectivity index (χ1) is 26.8. The zero-order chi connectivity index (χ0) is 38.7. The Morgan fingerprint density at radius 2 is 1.38 bits per heavy atom. The number of ether oxygens (including phenoxy) is 4. The summed E-state index contributed by atoms with van der Waals surface area (Å²) in [5.41, 5.74) is 3.95. The van der Waals surface area contributed by atoms with Gasteiger partial charge in [-0.25, -0.2) is 9.78 Å². The minimum absolute atomic E-state index is 0.0154. The van der Waals surface area contributed by atoms with Crippen LogP contribution in [-0.2, 0) is 67.9 Å². The Hall–Kier alpha value is -6.47. The average molecular weight is 748 g/mol. The lowest BCUT2D eigenvalue weighted by Crippen LogP contribution is -2.52. The zero-order valence-electron chi connectivity index (χ0n) is 30.7. The number of hydrogen-bond acceptors (Lipinski definition) is 9. The molecule has 0 saturated carbocycles. The molecule has 1 atom stereocenters. The van der Waals surface area contributed by atoms with Crippen molar-refractivity contribution >= 4 is 23.9 Å². The molecule has 0 bridgehead atoms. The van der Waals surface area contributed by atoms with Crippen LogP contribution in [0.3, 0.4) is 0 Å². The van der Waals surface area contributed by atoms with Crippen molar-refractivity contribution in [2.75, 3.05) is 26.8 Å². The van der Waals surface area contributed by atoms with E-state index in [2.05, 4.69) is 15.6 Å². The van der Waals surface area contributed by atoms with E-state index in [0.29, 0.717) is 24.7 Å². The van der Waals surface area contributed by atoms with E-state index in [-0.39, 0.29) is 45.8 Å². The number of methoxy groups -OCH3 is 1. The van der Waals surface area contributed by atoms with E-state index in [9.17, 15) is 19.2 Å². The molecule has 0 spiro atoms. The van der Waals surface area contributed by atoms with Crippen LogP contribution in [0.15, 0.2) is 128 Å². The molecule has 55 heavy (non-hydrogen) atoms. The highest BCUT2D eigenvalue weighted by molar-refractivity contribution is 5.89. The van der Waals surface area contributed by atoms with Gasteiger partial charge in [0.15, 0.2) is 0 Å². The number of amides is 3. The van der Waals surface area contributed by atoms with Crippen molar-refractivity contribution in [2.24, 2.45) is 0 Å². The Labute approximate surface area is 320 Å². The number of imidazole rings is 1. The molecule has 2 N–H and O–H groups in total. The highest BCUT2D eigenvalue weighted by Crippen LogP contribution is 2.17. The lowest BCUT2D eigenvalue weighted by molar-refractivity contribution is -0.141. The van der Waals surface area contributed by atoms with Crippen molar-refractivity contribution in [3.05, 3.63) is 156 Å². The van der Waals surface area contributed by atoms with Gasteiger partial charge in [0.25, 0.3) is 0 Å². The quantitative estimate of drug-likeness (QED) is 0.0843. The molecular weight excluding hydrogens is 702 g/mol. The summed E-state index contributed by atoms with van der Waals surface area (Å²) in [6.07, 6.45) is 2.16. The Balaban J connectivity index is 1.29. The highest BCUT2D eigenvalue weighted by atomic mass is 16.5. The molecule has 0 aliphatic rings. The molecule has 1 aromatic heterocycles. The standard InChI is InChI=1S/C42H45N5O8/c1-52-40(49)27-46-25-36(44-31-46)23-38(45-42(51)55-30-35-15-9-4-10-16-35)41(50)47(26-39(48)43-21-22-53-28-33-11-5-2-6-12-33)24-32-17-19-37(20-18-32)54-29-34-13-7-3-8-14-34/h2-20,25,31,38H,21-24,26-30H2,1H3,(H,43,48)(H,45,51)/t38-/m0/s1. The molecule has 0 aliphatic carbocycles. The predicted octanol–water partition coefficient (Wildman–Crippen LogP) is 4.83. The maximum atomic E-state index is 14.4. The summed E-state index contributed by atoms with van der Waals surface area (Å²) in [5.74, 6) is -0.786. The second kappa shape index (κ2) is 21.3. The number of esters is 1. The second-order valence-corrected chi connectivity index (χ2v) is 12.6. The fourth-order valence-electron chi connectivity index (χ4n) is 5.47. The Bertz CT molecular complexity index is 1940. The number of hydrogen-bond donors (Lipinski definition) is 2. The van der Waals surface area contributed by atoms with Gasteiger partial charge in [0.1, 0.15) is 31.5 Å². The van der Waals surface area contributed by atoms with Crippen molar-refractivity contribution < 1.29 is 38.1 Å². The number of benzene rings is 4. The third-order valence-corrected chi connectivity index (χ3v) is 8.31. The summed E-state index contributed by atoms with van der Waals surface area (Å²) < 4.78 is 23.4. The first-order valence-electron chi connectivity index (χ1n) is 17.8. The van der Waals surface area contributed by atoms with Gasteiger partial charge in [0.2, 0.25) is 11.8 Å². The van der Waals surface area contributed by atoms with Crippen molar-refractivity contribution in [1.29, 1.82) is 0 Å². The Kier molecular flexibility index (Phi) is 15.4. The summed E-state index contributed by atoms with van der Waals surface area (Å²) in [7, 11) is 1.29. The molecule has 5 rings (SSSR count). The molecule has 0 aliphatic heterocycles. The molecule has 1 heterocycles. The Morgan fingerprint density at radius 3 is 2.02 bits per heavy atom. The van der Waals surface area contributed by atoms with Crippen molar-refractivity contribution in [2.45, 2.75) is 45.4 Å². The number of carbonyl (C=O) groups is 4. The van der Waals surface area contributed by atoms with Gasteiger partial charge in [0.05, 0.1) is 38.9 Å². The van der Waals surface area contributed by atoms with E-state index in [1.807, 2.05) is 103 Å². The fourth-order valence-corrected chi connectivity index (χ4v) is 5.47. The van der Waals surface area contributed by atoms with Crippen LogP contribution in [0.5, 0.6) is 5.75 Å². The summed E-state index contributed by atoms with van der Waals surface area (Å²) in [5, 5.41) is 5.52. The average Bonchev–Trinajstić information content (AvgIpc) is 3.66. The van der Waals surface area contributed by atoms with Gasteiger partial charge in [-0.1, -0.05) is 103 Å². The lowest BCUT2D eigenvalue weighted by Gasteiger charge is -2.27. The number of carbonyl (C=O) groups excluding carboxylic acids is 4. The van der Waals surface area contributed by atoms with Crippen LogP contribution < -0.4 is 15.4 Å².